The summed E-state index contributed by atoms with van der Waals surface area (Å²) in [4.78, 5) is 0. The molecule has 1 aliphatic rings. The Morgan fingerprint density at radius 2 is 2.50 bits per heavy atom. The van der Waals surface area contributed by atoms with Crippen molar-refractivity contribution in [2.24, 2.45) is 0 Å². The molecule has 1 saturated heterocycles. The van der Waals surface area contributed by atoms with Crippen molar-refractivity contribution >= 4 is 0 Å². The second kappa shape index (κ2) is 4.62. The molecule has 0 spiro atoms. The summed E-state index contributed by atoms with van der Waals surface area (Å²) in [6, 6.07) is 1.89. The third-order valence-corrected chi connectivity index (χ3v) is 2.61. The Hall–Kier alpha value is -0.800. The van der Waals surface area contributed by atoms with Gasteiger partial charge in [0.1, 0.15) is 0 Å². The molecule has 0 amide bonds. The molecule has 3 nitrogen and oxygen atoms in total. The van der Waals surface area contributed by atoms with Gasteiger partial charge in [-0.2, -0.15) is 0 Å². The lowest BCUT2D eigenvalue weighted by Gasteiger charge is -2.14. The van der Waals surface area contributed by atoms with Gasteiger partial charge in [-0.05, 0) is 30.9 Å². The average Bonchev–Trinajstić information content (AvgIpc) is 2.76. The van der Waals surface area contributed by atoms with Crippen LogP contribution < -0.4 is 0 Å². The standard InChI is InChI=1S/C11H16O3/c12-10(6-9-3-5-13-8-9)7-11-2-1-4-14-11/h3,5,8,10-12H,1-2,4,6-7H2. The maximum absolute atomic E-state index is 9.76. The van der Waals surface area contributed by atoms with E-state index in [1.807, 2.05) is 6.07 Å². The van der Waals surface area contributed by atoms with Crippen LogP contribution in [0.1, 0.15) is 24.8 Å². The van der Waals surface area contributed by atoms with E-state index in [1.54, 1.807) is 12.5 Å². The van der Waals surface area contributed by atoms with Gasteiger partial charge < -0.3 is 14.3 Å². The van der Waals surface area contributed by atoms with Gasteiger partial charge in [0, 0.05) is 13.0 Å². The molecule has 1 N–H and O–H groups in total. The summed E-state index contributed by atoms with van der Waals surface area (Å²) in [5, 5.41) is 9.76. The molecule has 0 bridgehead atoms. The van der Waals surface area contributed by atoms with E-state index in [2.05, 4.69) is 0 Å². The van der Waals surface area contributed by atoms with E-state index in [0.29, 0.717) is 6.42 Å². The number of aliphatic hydroxyl groups excluding tert-OH is 1. The van der Waals surface area contributed by atoms with Crippen molar-refractivity contribution < 1.29 is 14.3 Å². The normalized spacial score (nSPS) is 23.9. The predicted molar refractivity (Wildman–Crippen MR) is 52.0 cm³/mol. The Morgan fingerprint density at radius 1 is 1.57 bits per heavy atom. The minimum absolute atomic E-state index is 0.261. The highest BCUT2D eigenvalue weighted by atomic mass is 16.5. The topological polar surface area (TPSA) is 42.6 Å². The van der Waals surface area contributed by atoms with Gasteiger partial charge in [0.05, 0.1) is 24.7 Å². The first-order valence-corrected chi connectivity index (χ1v) is 5.15. The van der Waals surface area contributed by atoms with Gasteiger partial charge in [-0.3, -0.25) is 0 Å². The molecule has 2 atom stereocenters. The molecule has 1 aromatic rings. The van der Waals surface area contributed by atoms with E-state index in [0.717, 1.165) is 31.4 Å². The monoisotopic (exact) mass is 196 g/mol. The lowest BCUT2D eigenvalue weighted by atomic mass is 10.0. The van der Waals surface area contributed by atoms with E-state index in [1.165, 1.54) is 0 Å². The molecular weight excluding hydrogens is 180 g/mol. The van der Waals surface area contributed by atoms with Crippen LogP contribution in [-0.4, -0.2) is 23.9 Å². The number of hydrogen-bond acceptors (Lipinski definition) is 3. The fourth-order valence-electron chi connectivity index (χ4n) is 1.90. The quantitative estimate of drug-likeness (QED) is 0.797. The Labute approximate surface area is 83.7 Å². The second-order valence-electron chi connectivity index (χ2n) is 3.86. The summed E-state index contributed by atoms with van der Waals surface area (Å²) in [7, 11) is 0. The highest BCUT2D eigenvalue weighted by Crippen LogP contribution is 2.18. The first-order valence-electron chi connectivity index (χ1n) is 5.15. The van der Waals surface area contributed by atoms with Crippen LogP contribution >= 0.6 is 0 Å². The summed E-state index contributed by atoms with van der Waals surface area (Å²) in [5.74, 6) is 0. The van der Waals surface area contributed by atoms with Crippen LogP contribution in [0.15, 0.2) is 23.0 Å². The fourth-order valence-corrected chi connectivity index (χ4v) is 1.90. The molecule has 0 aromatic carbocycles. The molecule has 2 rings (SSSR count). The molecule has 3 heteroatoms. The van der Waals surface area contributed by atoms with Crippen molar-refractivity contribution in [3.05, 3.63) is 24.2 Å². The summed E-state index contributed by atoms with van der Waals surface area (Å²) in [6.45, 7) is 0.850. The third kappa shape index (κ3) is 2.59. The van der Waals surface area contributed by atoms with Gasteiger partial charge in [0.25, 0.3) is 0 Å². The lowest BCUT2D eigenvalue weighted by molar-refractivity contribution is 0.0540. The van der Waals surface area contributed by atoms with Crippen molar-refractivity contribution in [1.29, 1.82) is 0 Å². The Morgan fingerprint density at radius 3 is 3.14 bits per heavy atom. The highest BCUT2D eigenvalue weighted by molar-refractivity contribution is 5.06. The molecule has 0 saturated carbocycles. The van der Waals surface area contributed by atoms with E-state index in [4.69, 9.17) is 9.15 Å². The van der Waals surface area contributed by atoms with Crippen molar-refractivity contribution in [2.45, 2.75) is 37.9 Å². The molecule has 1 fully saturated rings. The molecule has 78 valence electrons. The van der Waals surface area contributed by atoms with Crippen molar-refractivity contribution in [2.75, 3.05) is 6.61 Å². The molecule has 1 aliphatic heterocycles. The summed E-state index contributed by atoms with van der Waals surface area (Å²) in [5.41, 5.74) is 1.05. The van der Waals surface area contributed by atoms with Crippen LogP contribution in [-0.2, 0) is 11.2 Å². The van der Waals surface area contributed by atoms with Gasteiger partial charge >= 0.3 is 0 Å². The zero-order valence-corrected chi connectivity index (χ0v) is 8.19. The van der Waals surface area contributed by atoms with Crippen LogP contribution in [0.25, 0.3) is 0 Å². The van der Waals surface area contributed by atoms with Crippen LogP contribution in [0.5, 0.6) is 0 Å². The van der Waals surface area contributed by atoms with Gasteiger partial charge in [-0.25, -0.2) is 0 Å². The molecule has 0 radical (unpaired) electrons. The van der Waals surface area contributed by atoms with Gasteiger partial charge in [0.15, 0.2) is 0 Å². The van der Waals surface area contributed by atoms with Crippen LogP contribution in [0.3, 0.4) is 0 Å². The molecule has 14 heavy (non-hydrogen) atoms. The molecular formula is C11H16O3. The molecule has 2 heterocycles. The van der Waals surface area contributed by atoms with E-state index in [-0.39, 0.29) is 12.2 Å². The van der Waals surface area contributed by atoms with Crippen LogP contribution in [0, 0.1) is 0 Å². The smallest absolute Gasteiger partial charge is 0.0935 e. The van der Waals surface area contributed by atoms with Crippen LogP contribution in [0.4, 0.5) is 0 Å². The molecule has 2 unspecified atom stereocenters. The number of furan rings is 1. The minimum Gasteiger partial charge on any atom is -0.472 e. The van der Waals surface area contributed by atoms with E-state index < -0.39 is 0 Å². The van der Waals surface area contributed by atoms with Gasteiger partial charge in [0.2, 0.25) is 0 Å². The molecule has 1 aromatic heterocycles. The second-order valence-corrected chi connectivity index (χ2v) is 3.86. The van der Waals surface area contributed by atoms with Gasteiger partial charge in [-0.1, -0.05) is 0 Å². The van der Waals surface area contributed by atoms with Gasteiger partial charge in [-0.15, -0.1) is 0 Å². The maximum atomic E-state index is 9.76. The lowest BCUT2D eigenvalue weighted by Crippen LogP contribution is -2.18. The largest absolute Gasteiger partial charge is 0.472 e. The summed E-state index contributed by atoms with van der Waals surface area (Å²) >= 11 is 0. The Bertz CT molecular complexity index is 250. The Kier molecular flexibility index (Phi) is 3.22. The minimum atomic E-state index is -0.310. The predicted octanol–water partition coefficient (Wildman–Crippen LogP) is 1.75. The SMILES string of the molecule is OC(Cc1ccoc1)CC1CCCO1. The van der Waals surface area contributed by atoms with Crippen molar-refractivity contribution in [1.82, 2.24) is 0 Å². The van der Waals surface area contributed by atoms with E-state index >= 15 is 0 Å². The summed E-state index contributed by atoms with van der Waals surface area (Å²) < 4.78 is 10.4. The average molecular weight is 196 g/mol. The van der Waals surface area contributed by atoms with E-state index in [9.17, 15) is 5.11 Å². The highest BCUT2D eigenvalue weighted by Gasteiger charge is 2.19. The zero-order valence-electron chi connectivity index (χ0n) is 8.19. The fraction of sp³-hybridized carbons (Fsp3) is 0.636. The number of ether oxygens (including phenoxy) is 1. The number of aliphatic hydroxyl groups is 1. The van der Waals surface area contributed by atoms with Crippen molar-refractivity contribution in [3.63, 3.8) is 0 Å². The first kappa shape index (κ1) is 9.74. The first-order chi connectivity index (χ1) is 6.84. The van der Waals surface area contributed by atoms with Crippen molar-refractivity contribution in [3.8, 4) is 0 Å². The zero-order chi connectivity index (χ0) is 9.80. The number of rotatable bonds is 4. The molecule has 0 aliphatic carbocycles. The summed E-state index contributed by atoms with van der Waals surface area (Å²) in [6.07, 6.45) is 6.88. The Balaban J connectivity index is 1.75. The van der Waals surface area contributed by atoms with Crippen LogP contribution in [0.2, 0.25) is 0 Å². The maximum Gasteiger partial charge on any atom is 0.0935 e. The third-order valence-electron chi connectivity index (χ3n) is 2.61. The number of hydrogen-bond donors (Lipinski definition) is 1.